The van der Waals surface area contributed by atoms with Crippen LogP contribution in [0.25, 0.3) is 5.69 Å². The quantitative estimate of drug-likeness (QED) is 0.687. The van der Waals surface area contributed by atoms with Gasteiger partial charge in [-0.05, 0) is 37.1 Å². The molecule has 25 heavy (non-hydrogen) atoms. The van der Waals surface area contributed by atoms with Gasteiger partial charge in [-0.1, -0.05) is 48.5 Å². The maximum atomic E-state index is 12.8. The molecule has 128 valence electrons. The molecular formula is C21H23N3O. The van der Waals surface area contributed by atoms with Gasteiger partial charge < -0.3 is 4.90 Å². The molecule has 0 N–H and O–H groups in total. The molecule has 0 saturated carbocycles. The number of amides is 1. The van der Waals surface area contributed by atoms with E-state index in [-0.39, 0.29) is 11.9 Å². The maximum absolute atomic E-state index is 12.8. The number of nitrogens with zero attached hydrogens (tertiary/aromatic N) is 3. The fourth-order valence-electron chi connectivity index (χ4n) is 2.79. The van der Waals surface area contributed by atoms with Crippen LogP contribution in [0.2, 0.25) is 0 Å². The van der Waals surface area contributed by atoms with Gasteiger partial charge in [-0.3, -0.25) is 4.79 Å². The predicted octanol–water partition coefficient (Wildman–Crippen LogP) is 3.85. The lowest BCUT2D eigenvalue weighted by Gasteiger charge is -2.27. The largest absolute Gasteiger partial charge is 0.336 e. The summed E-state index contributed by atoms with van der Waals surface area (Å²) >= 11 is 0. The van der Waals surface area contributed by atoms with Crippen LogP contribution in [0.3, 0.4) is 0 Å². The summed E-state index contributed by atoms with van der Waals surface area (Å²) in [6, 6.07) is 20.2. The summed E-state index contributed by atoms with van der Waals surface area (Å²) in [5, 5.41) is 4.37. The lowest BCUT2D eigenvalue weighted by Crippen LogP contribution is -2.37. The average Bonchev–Trinajstić information content (AvgIpc) is 3.09. The highest BCUT2D eigenvalue weighted by Gasteiger charge is 2.18. The summed E-state index contributed by atoms with van der Waals surface area (Å²) in [7, 11) is 0. The molecule has 3 rings (SSSR count). The van der Waals surface area contributed by atoms with Crippen LogP contribution in [-0.4, -0.2) is 26.6 Å². The zero-order valence-electron chi connectivity index (χ0n) is 14.7. The second kappa shape index (κ2) is 7.79. The van der Waals surface area contributed by atoms with E-state index >= 15 is 0 Å². The molecule has 1 heterocycles. The van der Waals surface area contributed by atoms with Crippen molar-refractivity contribution < 1.29 is 4.79 Å². The van der Waals surface area contributed by atoms with Crippen molar-refractivity contribution in [1.82, 2.24) is 14.7 Å². The summed E-state index contributed by atoms with van der Waals surface area (Å²) in [4.78, 5) is 14.7. The van der Waals surface area contributed by atoms with E-state index < -0.39 is 0 Å². The van der Waals surface area contributed by atoms with Crippen molar-refractivity contribution in [2.75, 3.05) is 0 Å². The molecule has 0 aliphatic rings. The maximum Gasteiger partial charge on any atom is 0.227 e. The first-order chi connectivity index (χ1) is 12.1. The molecular weight excluding hydrogens is 310 g/mol. The predicted molar refractivity (Wildman–Crippen MR) is 99.4 cm³/mol. The van der Waals surface area contributed by atoms with Crippen molar-refractivity contribution in [1.29, 1.82) is 0 Å². The highest BCUT2D eigenvalue weighted by atomic mass is 16.2. The molecule has 0 radical (unpaired) electrons. The molecule has 0 fully saturated rings. The Morgan fingerprint density at radius 2 is 1.64 bits per heavy atom. The van der Waals surface area contributed by atoms with Gasteiger partial charge in [-0.15, -0.1) is 0 Å². The van der Waals surface area contributed by atoms with Crippen LogP contribution < -0.4 is 0 Å². The zero-order valence-corrected chi connectivity index (χ0v) is 14.7. The average molecular weight is 333 g/mol. The number of rotatable bonds is 6. The van der Waals surface area contributed by atoms with Crippen LogP contribution in [0.4, 0.5) is 0 Å². The molecule has 0 atom stereocenters. The molecule has 4 nitrogen and oxygen atoms in total. The number of para-hydroxylation sites is 1. The third-order valence-corrected chi connectivity index (χ3v) is 4.15. The molecule has 2 aromatic carbocycles. The highest BCUT2D eigenvalue weighted by Crippen LogP contribution is 2.13. The van der Waals surface area contributed by atoms with E-state index in [1.54, 1.807) is 10.9 Å². The molecule has 0 bridgehead atoms. The lowest BCUT2D eigenvalue weighted by atomic mass is 10.1. The topological polar surface area (TPSA) is 38.1 Å². The van der Waals surface area contributed by atoms with E-state index in [4.69, 9.17) is 0 Å². The fraction of sp³-hybridized carbons (Fsp3) is 0.238. The van der Waals surface area contributed by atoms with Crippen LogP contribution in [-0.2, 0) is 17.8 Å². The summed E-state index contributed by atoms with van der Waals surface area (Å²) in [5.74, 6) is 0.117. The minimum Gasteiger partial charge on any atom is -0.336 e. The van der Waals surface area contributed by atoms with E-state index in [9.17, 15) is 4.79 Å². The number of hydrogen-bond acceptors (Lipinski definition) is 2. The van der Waals surface area contributed by atoms with Crippen LogP contribution in [0.15, 0.2) is 73.1 Å². The molecule has 0 spiro atoms. The van der Waals surface area contributed by atoms with Gasteiger partial charge in [-0.25, -0.2) is 4.68 Å². The van der Waals surface area contributed by atoms with Gasteiger partial charge >= 0.3 is 0 Å². The Balaban J connectivity index is 1.70. The first-order valence-electron chi connectivity index (χ1n) is 8.56. The lowest BCUT2D eigenvalue weighted by molar-refractivity contribution is -0.132. The van der Waals surface area contributed by atoms with Crippen LogP contribution in [0.1, 0.15) is 25.0 Å². The first-order valence-corrected chi connectivity index (χ1v) is 8.56. The minimum absolute atomic E-state index is 0.117. The van der Waals surface area contributed by atoms with Crippen molar-refractivity contribution in [3.8, 4) is 5.69 Å². The summed E-state index contributed by atoms with van der Waals surface area (Å²) in [6.45, 7) is 4.73. The Hall–Kier alpha value is -2.88. The van der Waals surface area contributed by atoms with Gasteiger partial charge in [0, 0.05) is 18.8 Å². The van der Waals surface area contributed by atoms with E-state index in [1.807, 2.05) is 73.5 Å². The van der Waals surface area contributed by atoms with Gasteiger partial charge in [-0.2, -0.15) is 5.10 Å². The van der Waals surface area contributed by atoms with E-state index in [2.05, 4.69) is 17.2 Å². The molecule has 0 aliphatic carbocycles. The van der Waals surface area contributed by atoms with Crippen molar-refractivity contribution in [3.05, 3.63) is 84.2 Å². The van der Waals surface area contributed by atoms with Crippen molar-refractivity contribution >= 4 is 5.91 Å². The highest BCUT2D eigenvalue weighted by molar-refractivity contribution is 5.79. The normalized spacial score (nSPS) is 10.8. The van der Waals surface area contributed by atoms with Gasteiger partial charge in [0.15, 0.2) is 0 Å². The number of carbonyl (C=O) groups excluding carboxylic acids is 1. The zero-order chi connectivity index (χ0) is 17.6. The minimum atomic E-state index is 0.117. The third-order valence-electron chi connectivity index (χ3n) is 4.15. The van der Waals surface area contributed by atoms with Gasteiger partial charge in [0.2, 0.25) is 5.91 Å². The Kier molecular flexibility index (Phi) is 5.29. The monoisotopic (exact) mass is 333 g/mol. The van der Waals surface area contributed by atoms with Crippen molar-refractivity contribution in [3.63, 3.8) is 0 Å². The Bertz CT molecular complexity index is 809. The SMILES string of the molecule is CC(C)N(Cc1ccccc1)C(=O)Cc1cnn(-c2ccccc2)c1. The number of hydrogen-bond donors (Lipinski definition) is 0. The molecule has 3 aromatic rings. The van der Waals surface area contributed by atoms with Crippen molar-refractivity contribution in [2.24, 2.45) is 0 Å². The second-order valence-electron chi connectivity index (χ2n) is 6.41. The van der Waals surface area contributed by atoms with Crippen LogP contribution in [0, 0.1) is 0 Å². The van der Waals surface area contributed by atoms with Gasteiger partial charge in [0.05, 0.1) is 18.3 Å². The van der Waals surface area contributed by atoms with Crippen LogP contribution in [0.5, 0.6) is 0 Å². The Morgan fingerprint density at radius 1 is 1.00 bits per heavy atom. The molecule has 1 amide bonds. The van der Waals surface area contributed by atoms with E-state index in [0.717, 1.165) is 16.8 Å². The standard InChI is InChI=1S/C21H23N3O/c1-17(2)23(15-18-9-5-3-6-10-18)21(25)13-19-14-22-24(16-19)20-11-7-4-8-12-20/h3-12,14,16-17H,13,15H2,1-2H3. The van der Waals surface area contributed by atoms with E-state index in [0.29, 0.717) is 13.0 Å². The van der Waals surface area contributed by atoms with Crippen molar-refractivity contribution in [2.45, 2.75) is 32.9 Å². The molecule has 0 saturated heterocycles. The smallest absolute Gasteiger partial charge is 0.227 e. The second-order valence-corrected chi connectivity index (χ2v) is 6.41. The molecule has 1 aromatic heterocycles. The first kappa shape index (κ1) is 17.0. The van der Waals surface area contributed by atoms with Crippen LogP contribution >= 0.6 is 0 Å². The Morgan fingerprint density at radius 3 is 2.28 bits per heavy atom. The number of benzene rings is 2. The third kappa shape index (κ3) is 4.35. The number of carbonyl (C=O) groups is 1. The Labute approximate surface area is 148 Å². The molecule has 4 heteroatoms. The molecule has 0 unspecified atom stereocenters. The summed E-state index contributed by atoms with van der Waals surface area (Å²) < 4.78 is 1.81. The van der Waals surface area contributed by atoms with Gasteiger partial charge in [0.25, 0.3) is 0 Å². The number of aromatic nitrogens is 2. The summed E-state index contributed by atoms with van der Waals surface area (Å²) in [5.41, 5.74) is 3.06. The summed E-state index contributed by atoms with van der Waals surface area (Å²) in [6.07, 6.45) is 4.05. The fourth-order valence-corrected chi connectivity index (χ4v) is 2.79. The van der Waals surface area contributed by atoms with E-state index in [1.165, 1.54) is 0 Å². The molecule has 0 aliphatic heterocycles. The van der Waals surface area contributed by atoms with Gasteiger partial charge in [0.1, 0.15) is 0 Å².